The molecule has 5 N–H and O–H groups in total. The van der Waals surface area contributed by atoms with Crippen LogP contribution in [0.4, 0.5) is 0 Å². The van der Waals surface area contributed by atoms with E-state index in [1.807, 2.05) is 0 Å². The van der Waals surface area contributed by atoms with E-state index in [-0.39, 0.29) is 42.0 Å². The molecule has 234 valence electrons. The van der Waals surface area contributed by atoms with Gasteiger partial charge in [0.15, 0.2) is 23.0 Å². The number of rotatable bonds is 8. The quantitative estimate of drug-likeness (QED) is 0.249. The summed E-state index contributed by atoms with van der Waals surface area (Å²) in [6.45, 7) is -0.574. The molecule has 0 spiro atoms. The van der Waals surface area contributed by atoms with Crippen LogP contribution in [0.2, 0.25) is 0 Å². The standard InChI is InChI=1S/C28H32O15/c1-35-14-4-10(5-15-25(14)40-9-39-15)21-12-8-38-22(17(12)27(34)42-21)11-6-13(30)24(36-2)26(37-3)23(11)43-28-20(33)19(32)18(31)16(7-29)41-28/h4-6,12,16-22,28-33H,7-9H2,1-3H3/t12?,16-,17?,18-,19+,20-,21?,22?,28+/m1/s1. The van der Waals surface area contributed by atoms with Gasteiger partial charge in [-0.2, -0.15) is 0 Å². The molecule has 0 aliphatic carbocycles. The number of hydrogen-bond acceptors (Lipinski definition) is 15. The number of hydrogen-bond donors (Lipinski definition) is 5. The lowest BCUT2D eigenvalue weighted by Crippen LogP contribution is -2.60. The zero-order valence-corrected chi connectivity index (χ0v) is 23.4. The van der Waals surface area contributed by atoms with Gasteiger partial charge in [0.05, 0.1) is 40.5 Å². The molecule has 15 heteroatoms. The highest BCUT2D eigenvalue weighted by atomic mass is 16.7. The molecule has 43 heavy (non-hydrogen) atoms. The van der Waals surface area contributed by atoms with E-state index in [0.717, 1.165) is 0 Å². The number of aromatic hydroxyl groups is 1. The summed E-state index contributed by atoms with van der Waals surface area (Å²) in [5, 5.41) is 51.6. The maximum absolute atomic E-state index is 13.4. The van der Waals surface area contributed by atoms with E-state index < -0.39 is 67.3 Å². The predicted molar refractivity (Wildman–Crippen MR) is 139 cm³/mol. The summed E-state index contributed by atoms with van der Waals surface area (Å²) < 4.78 is 50.8. The van der Waals surface area contributed by atoms with Gasteiger partial charge in [-0.25, -0.2) is 0 Å². The summed E-state index contributed by atoms with van der Waals surface area (Å²) >= 11 is 0. The van der Waals surface area contributed by atoms with Crippen molar-refractivity contribution in [2.24, 2.45) is 11.8 Å². The molecule has 0 aromatic heterocycles. The van der Waals surface area contributed by atoms with E-state index in [4.69, 9.17) is 42.6 Å². The Kier molecular flexibility index (Phi) is 7.78. The Morgan fingerprint density at radius 1 is 0.907 bits per heavy atom. The summed E-state index contributed by atoms with van der Waals surface area (Å²) in [7, 11) is 4.06. The summed E-state index contributed by atoms with van der Waals surface area (Å²) in [5.41, 5.74) is 0.750. The van der Waals surface area contributed by atoms with Crippen LogP contribution in [-0.4, -0.2) is 104 Å². The Hall–Kier alpha value is -3.73. The number of phenolic OH excluding ortho intramolecular Hbond substituents is 1. The van der Waals surface area contributed by atoms with Crippen molar-refractivity contribution in [2.75, 3.05) is 41.3 Å². The van der Waals surface area contributed by atoms with Crippen molar-refractivity contribution in [3.05, 3.63) is 29.3 Å². The SMILES string of the molecule is COc1cc(C2OC(=O)C3C(c4cc(O)c(OC)c(OC)c4O[C@@H]4O[C@H](CO)[C@@H](O)[C@H](O)[C@H]4O)OCC23)cc2c1OCO2. The van der Waals surface area contributed by atoms with Crippen LogP contribution in [0.1, 0.15) is 23.3 Å². The molecule has 3 saturated heterocycles. The van der Waals surface area contributed by atoms with Crippen LogP contribution in [0.3, 0.4) is 0 Å². The number of esters is 1. The molecule has 6 rings (SSSR count). The zero-order chi connectivity index (χ0) is 30.6. The first-order valence-corrected chi connectivity index (χ1v) is 13.5. The number of carbonyl (C=O) groups excluding carboxylic acids is 1. The first-order chi connectivity index (χ1) is 20.7. The molecule has 9 atom stereocenters. The monoisotopic (exact) mass is 608 g/mol. The van der Waals surface area contributed by atoms with Gasteiger partial charge >= 0.3 is 5.97 Å². The normalized spacial score (nSPS) is 32.7. The van der Waals surface area contributed by atoms with Gasteiger partial charge in [0, 0.05) is 17.0 Å². The van der Waals surface area contributed by atoms with E-state index in [0.29, 0.717) is 22.8 Å². The number of aliphatic hydroxyl groups excluding tert-OH is 4. The number of phenols is 1. The summed E-state index contributed by atoms with van der Waals surface area (Å²) in [6, 6.07) is 4.70. The summed E-state index contributed by atoms with van der Waals surface area (Å²) in [4.78, 5) is 13.4. The second-order valence-corrected chi connectivity index (χ2v) is 10.5. The minimum Gasteiger partial charge on any atom is -0.504 e. The van der Waals surface area contributed by atoms with Crippen molar-refractivity contribution >= 4 is 5.97 Å². The van der Waals surface area contributed by atoms with Crippen molar-refractivity contribution in [1.82, 2.24) is 0 Å². The molecular formula is C28H32O15. The average Bonchev–Trinajstić information content (AvgIpc) is 3.74. The Morgan fingerprint density at radius 2 is 1.67 bits per heavy atom. The maximum Gasteiger partial charge on any atom is 0.313 e. The molecular weight excluding hydrogens is 576 g/mol. The first kappa shape index (κ1) is 29.3. The van der Waals surface area contributed by atoms with Crippen molar-refractivity contribution < 1.29 is 73.0 Å². The first-order valence-electron chi connectivity index (χ1n) is 13.5. The minimum absolute atomic E-state index is 0.0247. The Morgan fingerprint density at radius 3 is 2.37 bits per heavy atom. The van der Waals surface area contributed by atoms with Crippen LogP contribution in [-0.2, 0) is 19.0 Å². The molecule has 2 aromatic rings. The second kappa shape index (κ2) is 11.4. The van der Waals surface area contributed by atoms with Crippen molar-refractivity contribution in [1.29, 1.82) is 0 Å². The van der Waals surface area contributed by atoms with Crippen molar-refractivity contribution in [3.63, 3.8) is 0 Å². The number of fused-ring (bicyclic) bond motifs is 2. The average molecular weight is 609 g/mol. The lowest BCUT2D eigenvalue weighted by molar-refractivity contribution is -0.277. The van der Waals surface area contributed by atoms with Crippen LogP contribution >= 0.6 is 0 Å². The Balaban J connectivity index is 1.37. The fraction of sp³-hybridized carbons (Fsp3) is 0.536. The molecule has 2 aromatic carbocycles. The lowest BCUT2D eigenvalue weighted by Gasteiger charge is -2.40. The number of carbonyl (C=O) groups is 1. The second-order valence-electron chi connectivity index (χ2n) is 10.5. The van der Waals surface area contributed by atoms with E-state index in [9.17, 15) is 30.3 Å². The molecule has 0 radical (unpaired) electrons. The molecule has 4 unspecified atom stereocenters. The van der Waals surface area contributed by atoms with Crippen LogP contribution in [0.25, 0.3) is 0 Å². The third-order valence-corrected chi connectivity index (χ3v) is 8.17. The van der Waals surface area contributed by atoms with E-state index in [2.05, 4.69) is 0 Å². The Labute approximate surface area is 244 Å². The highest BCUT2D eigenvalue weighted by molar-refractivity contribution is 5.78. The van der Waals surface area contributed by atoms with Crippen molar-refractivity contribution in [3.8, 4) is 40.2 Å². The number of cyclic esters (lactones) is 1. The van der Waals surface area contributed by atoms with Gasteiger partial charge in [0.25, 0.3) is 0 Å². The van der Waals surface area contributed by atoms with Crippen LogP contribution in [0, 0.1) is 11.8 Å². The van der Waals surface area contributed by atoms with E-state index in [1.165, 1.54) is 27.4 Å². The topological polar surface area (TPSA) is 201 Å². The van der Waals surface area contributed by atoms with Gasteiger partial charge in [-0.05, 0) is 18.2 Å². The molecule has 15 nitrogen and oxygen atoms in total. The predicted octanol–water partition coefficient (Wildman–Crippen LogP) is -0.0728. The zero-order valence-electron chi connectivity index (χ0n) is 23.4. The fourth-order valence-corrected chi connectivity index (χ4v) is 6.05. The minimum atomic E-state index is -1.76. The third kappa shape index (κ3) is 4.72. The van der Waals surface area contributed by atoms with Crippen LogP contribution in [0.5, 0.6) is 40.2 Å². The van der Waals surface area contributed by atoms with Crippen molar-refractivity contribution in [2.45, 2.75) is 42.9 Å². The smallest absolute Gasteiger partial charge is 0.313 e. The molecule has 4 heterocycles. The van der Waals surface area contributed by atoms with Gasteiger partial charge in [0.1, 0.15) is 36.6 Å². The fourth-order valence-electron chi connectivity index (χ4n) is 6.05. The number of methoxy groups -OCH3 is 3. The summed E-state index contributed by atoms with van der Waals surface area (Å²) in [5.74, 6) is -1.33. The number of ether oxygens (including phenoxy) is 9. The van der Waals surface area contributed by atoms with Gasteiger partial charge in [-0.15, -0.1) is 0 Å². The molecule has 0 saturated carbocycles. The van der Waals surface area contributed by atoms with E-state index >= 15 is 0 Å². The van der Waals surface area contributed by atoms with Gasteiger partial charge < -0.3 is 68.2 Å². The van der Waals surface area contributed by atoms with E-state index in [1.54, 1.807) is 12.1 Å². The van der Waals surface area contributed by atoms with Crippen LogP contribution < -0.4 is 28.4 Å². The summed E-state index contributed by atoms with van der Waals surface area (Å²) in [6.07, 6.45) is -9.71. The molecule has 4 aliphatic rings. The molecule has 3 fully saturated rings. The molecule has 4 aliphatic heterocycles. The third-order valence-electron chi connectivity index (χ3n) is 8.17. The largest absolute Gasteiger partial charge is 0.504 e. The maximum atomic E-state index is 13.4. The highest BCUT2D eigenvalue weighted by Gasteiger charge is 2.56. The molecule has 0 bridgehead atoms. The Bertz CT molecular complexity index is 1380. The van der Waals surface area contributed by atoms with Gasteiger partial charge in [-0.3, -0.25) is 4.79 Å². The highest BCUT2D eigenvalue weighted by Crippen LogP contribution is 2.57. The number of aliphatic hydroxyl groups is 4. The van der Waals surface area contributed by atoms with Gasteiger partial charge in [-0.1, -0.05) is 0 Å². The van der Waals surface area contributed by atoms with Crippen LogP contribution in [0.15, 0.2) is 18.2 Å². The number of benzene rings is 2. The molecule has 0 amide bonds. The van der Waals surface area contributed by atoms with Gasteiger partial charge in [0.2, 0.25) is 30.3 Å². The lowest BCUT2D eigenvalue weighted by atomic mass is 9.84.